The highest BCUT2D eigenvalue weighted by Gasteiger charge is 2.16. The molecule has 1 saturated heterocycles. The second-order valence-electron chi connectivity index (χ2n) is 7.36. The summed E-state index contributed by atoms with van der Waals surface area (Å²) in [7, 11) is 1.50. The van der Waals surface area contributed by atoms with E-state index in [2.05, 4.69) is 25.5 Å². The number of benzene rings is 1. The lowest BCUT2D eigenvalue weighted by Crippen LogP contribution is -2.32. The second-order valence-corrected chi connectivity index (χ2v) is 7.36. The number of carbonyl (C=O) groups excluding carboxylic acids is 1. The number of rotatable bonds is 7. The molecule has 0 bridgehead atoms. The molecule has 2 N–H and O–H groups in total. The summed E-state index contributed by atoms with van der Waals surface area (Å²) in [5.41, 5.74) is -0.430. The van der Waals surface area contributed by atoms with E-state index in [0.29, 0.717) is 41.5 Å². The van der Waals surface area contributed by atoms with Crippen LogP contribution in [-0.4, -0.2) is 49.2 Å². The summed E-state index contributed by atoms with van der Waals surface area (Å²) in [5, 5.41) is 6.56. The van der Waals surface area contributed by atoms with E-state index in [9.17, 15) is 9.59 Å². The maximum absolute atomic E-state index is 12.5. The molecule has 1 aliphatic rings. The van der Waals surface area contributed by atoms with Gasteiger partial charge in [-0.1, -0.05) is 12.1 Å². The fraction of sp³-hybridized carbons (Fsp3) is 0.364. The van der Waals surface area contributed by atoms with Crippen molar-refractivity contribution in [3.8, 4) is 5.75 Å². The van der Waals surface area contributed by atoms with Crippen molar-refractivity contribution in [1.82, 2.24) is 15.3 Å². The number of methoxy groups -OCH3 is 1. The van der Waals surface area contributed by atoms with Crippen LogP contribution >= 0.6 is 0 Å². The lowest BCUT2D eigenvalue weighted by Gasteiger charge is -2.17. The number of carbonyl (C=O) groups is 1. The van der Waals surface area contributed by atoms with Crippen LogP contribution in [0.1, 0.15) is 29.0 Å². The lowest BCUT2D eigenvalue weighted by molar-refractivity contribution is 0.0951. The van der Waals surface area contributed by atoms with Crippen LogP contribution in [0, 0.1) is 6.92 Å². The van der Waals surface area contributed by atoms with E-state index in [0.717, 1.165) is 18.9 Å². The number of aryl methyl sites for hydroxylation is 1. The molecule has 0 saturated carbocycles. The average molecular weight is 423 g/mol. The first-order valence-electron chi connectivity index (χ1n) is 10.3. The fourth-order valence-electron chi connectivity index (χ4n) is 3.65. The van der Waals surface area contributed by atoms with Gasteiger partial charge in [0.25, 0.3) is 5.91 Å². The summed E-state index contributed by atoms with van der Waals surface area (Å²) in [5.74, 6) is 2.28. The Labute approximate surface area is 179 Å². The Morgan fingerprint density at radius 1 is 1.19 bits per heavy atom. The summed E-state index contributed by atoms with van der Waals surface area (Å²) in [6.07, 6.45) is 2.35. The number of hydrogen-bond donors (Lipinski definition) is 2. The SMILES string of the molecule is COc1cccc2cc(C(=O)NCCNc3cc(N4CCCC4)nc(C)n3)c(=O)oc12. The molecule has 9 heteroatoms. The molecule has 3 aromatic rings. The molecule has 3 heterocycles. The van der Waals surface area contributed by atoms with Crippen molar-refractivity contribution in [3.05, 3.63) is 52.1 Å². The third kappa shape index (κ3) is 4.60. The summed E-state index contributed by atoms with van der Waals surface area (Å²) >= 11 is 0. The third-order valence-electron chi connectivity index (χ3n) is 5.16. The number of nitrogens with zero attached hydrogens (tertiary/aromatic N) is 3. The molecule has 0 unspecified atom stereocenters. The van der Waals surface area contributed by atoms with Crippen molar-refractivity contribution in [2.75, 3.05) is 43.5 Å². The van der Waals surface area contributed by atoms with Crippen LogP contribution < -0.4 is 25.9 Å². The Hall–Kier alpha value is -3.62. The monoisotopic (exact) mass is 423 g/mol. The van der Waals surface area contributed by atoms with Gasteiger partial charge >= 0.3 is 5.63 Å². The molecule has 1 fully saturated rings. The Kier molecular flexibility index (Phi) is 6.01. The standard InChI is InChI=1S/C22H25N5O4/c1-14-25-18(13-19(26-14)27-10-3-4-11-27)23-8-9-24-21(28)16-12-15-6-5-7-17(30-2)20(15)31-22(16)29/h5-7,12-13H,3-4,8-11H2,1-2H3,(H,24,28)(H,23,25,26). The molecule has 0 spiro atoms. The summed E-state index contributed by atoms with van der Waals surface area (Å²) in [4.78, 5) is 35.9. The zero-order valence-corrected chi connectivity index (χ0v) is 17.6. The topological polar surface area (TPSA) is 110 Å². The maximum Gasteiger partial charge on any atom is 0.349 e. The van der Waals surface area contributed by atoms with E-state index in [1.807, 2.05) is 13.0 Å². The van der Waals surface area contributed by atoms with Crippen molar-refractivity contribution in [2.45, 2.75) is 19.8 Å². The molecule has 9 nitrogen and oxygen atoms in total. The van der Waals surface area contributed by atoms with Crippen LogP contribution in [0.15, 0.2) is 39.5 Å². The van der Waals surface area contributed by atoms with Gasteiger partial charge in [-0.15, -0.1) is 0 Å². The van der Waals surface area contributed by atoms with Crippen molar-refractivity contribution < 1.29 is 13.9 Å². The molecule has 162 valence electrons. The van der Waals surface area contributed by atoms with Crippen LogP contribution in [0.25, 0.3) is 11.0 Å². The zero-order valence-electron chi connectivity index (χ0n) is 17.6. The minimum absolute atomic E-state index is 0.0463. The van der Waals surface area contributed by atoms with Gasteiger partial charge in [-0.3, -0.25) is 4.79 Å². The Bertz CT molecular complexity index is 1150. The molecule has 0 atom stereocenters. The van der Waals surface area contributed by atoms with Crippen LogP contribution in [0.3, 0.4) is 0 Å². The Morgan fingerprint density at radius 2 is 2.00 bits per heavy atom. The molecular formula is C22H25N5O4. The van der Waals surface area contributed by atoms with Gasteiger partial charge in [0.1, 0.15) is 23.0 Å². The number of aromatic nitrogens is 2. The van der Waals surface area contributed by atoms with Gasteiger partial charge in [0.05, 0.1) is 7.11 Å². The quantitative estimate of drug-likeness (QED) is 0.440. The smallest absolute Gasteiger partial charge is 0.349 e. The van der Waals surface area contributed by atoms with Gasteiger partial charge in [-0.2, -0.15) is 0 Å². The lowest BCUT2D eigenvalue weighted by atomic mass is 10.1. The number of nitrogens with one attached hydrogen (secondary N) is 2. The van der Waals surface area contributed by atoms with E-state index in [-0.39, 0.29) is 5.56 Å². The molecular weight excluding hydrogens is 398 g/mol. The molecule has 2 aromatic heterocycles. The predicted molar refractivity (Wildman–Crippen MR) is 118 cm³/mol. The summed E-state index contributed by atoms with van der Waals surface area (Å²) < 4.78 is 10.5. The van der Waals surface area contributed by atoms with E-state index < -0.39 is 11.5 Å². The number of hydrogen-bond acceptors (Lipinski definition) is 8. The van der Waals surface area contributed by atoms with Gasteiger partial charge in [0.15, 0.2) is 11.3 Å². The maximum atomic E-state index is 12.5. The fourth-order valence-corrected chi connectivity index (χ4v) is 3.65. The molecule has 1 aliphatic heterocycles. The number of anilines is 2. The van der Waals surface area contributed by atoms with Crippen LogP contribution in [0.5, 0.6) is 5.75 Å². The number of para-hydroxylation sites is 1. The largest absolute Gasteiger partial charge is 0.493 e. The van der Waals surface area contributed by atoms with Crippen molar-refractivity contribution in [2.24, 2.45) is 0 Å². The van der Waals surface area contributed by atoms with Gasteiger partial charge in [0.2, 0.25) is 0 Å². The minimum atomic E-state index is -0.705. The number of amides is 1. The molecule has 0 radical (unpaired) electrons. The van der Waals surface area contributed by atoms with Crippen LogP contribution in [-0.2, 0) is 0 Å². The number of fused-ring (bicyclic) bond motifs is 1. The van der Waals surface area contributed by atoms with E-state index in [1.165, 1.54) is 26.0 Å². The van der Waals surface area contributed by atoms with Gasteiger partial charge in [-0.25, -0.2) is 14.8 Å². The highest BCUT2D eigenvalue weighted by atomic mass is 16.5. The molecule has 1 aromatic carbocycles. The molecule has 1 amide bonds. The third-order valence-corrected chi connectivity index (χ3v) is 5.16. The highest BCUT2D eigenvalue weighted by molar-refractivity contribution is 5.97. The van der Waals surface area contributed by atoms with E-state index in [1.54, 1.807) is 18.2 Å². The van der Waals surface area contributed by atoms with Crippen molar-refractivity contribution >= 4 is 28.5 Å². The average Bonchev–Trinajstić information content (AvgIpc) is 3.30. The Balaban J connectivity index is 1.38. The number of ether oxygens (including phenoxy) is 1. The van der Waals surface area contributed by atoms with Crippen LogP contribution in [0.4, 0.5) is 11.6 Å². The van der Waals surface area contributed by atoms with Crippen molar-refractivity contribution in [3.63, 3.8) is 0 Å². The summed E-state index contributed by atoms with van der Waals surface area (Å²) in [6.45, 7) is 4.64. The van der Waals surface area contributed by atoms with E-state index >= 15 is 0 Å². The minimum Gasteiger partial charge on any atom is -0.493 e. The van der Waals surface area contributed by atoms with Gasteiger partial charge in [-0.05, 0) is 31.9 Å². The van der Waals surface area contributed by atoms with Gasteiger partial charge in [0, 0.05) is 37.6 Å². The van der Waals surface area contributed by atoms with Gasteiger partial charge < -0.3 is 24.7 Å². The first kappa shape index (κ1) is 20.6. The Morgan fingerprint density at radius 3 is 2.77 bits per heavy atom. The normalized spacial score (nSPS) is 13.4. The highest BCUT2D eigenvalue weighted by Crippen LogP contribution is 2.24. The molecule has 31 heavy (non-hydrogen) atoms. The second kappa shape index (κ2) is 9.03. The van der Waals surface area contributed by atoms with E-state index in [4.69, 9.17) is 9.15 Å². The zero-order chi connectivity index (χ0) is 21.8. The molecule has 4 rings (SSSR count). The summed E-state index contributed by atoms with van der Waals surface area (Å²) in [6, 6.07) is 8.66. The molecule has 0 aliphatic carbocycles. The predicted octanol–water partition coefficient (Wildman–Crippen LogP) is 2.34. The van der Waals surface area contributed by atoms with Crippen LogP contribution in [0.2, 0.25) is 0 Å². The van der Waals surface area contributed by atoms with Crippen molar-refractivity contribution in [1.29, 1.82) is 0 Å². The first-order valence-corrected chi connectivity index (χ1v) is 10.3. The first-order chi connectivity index (χ1) is 15.0.